The molecule has 9 heteroatoms. The van der Waals surface area contributed by atoms with E-state index < -0.39 is 10.0 Å². The lowest BCUT2D eigenvalue weighted by Crippen LogP contribution is -2.14. The van der Waals surface area contributed by atoms with Crippen molar-refractivity contribution in [3.63, 3.8) is 0 Å². The SMILES string of the molecule is O=C(CSc1ccc(NS(=O)(=O)c2ccccc2)cc1)Nc1nc(-c2ccc3ccccc3c2)cs1. The molecule has 2 N–H and O–H groups in total. The van der Waals surface area contributed by atoms with Crippen LogP contribution in [-0.4, -0.2) is 25.1 Å². The second-order valence-electron chi connectivity index (χ2n) is 7.88. The molecule has 0 aliphatic rings. The number of nitrogens with zero attached hydrogens (tertiary/aromatic N) is 1. The van der Waals surface area contributed by atoms with Gasteiger partial charge in [0.25, 0.3) is 10.0 Å². The molecule has 4 aromatic carbocycles. The molecule has 0 bridgehead atoms. The number of thioether (sulfide) groups is 1. The molecule has 6 nitrogen and oxygen atoms in total. The Balaban J connectivity index is 1.15. The standard InChI is InChI=1S/C27H21N3O3S3/c31-26(29-27-28-25(17-35-27)21-11-10-19-6-4-5-7-20(19)16-21)18-34-23-14-12-22(13-15-23)30-36(32,33)24-8-2-1-3-9-24/h1-17,30H,18H2,(H,28,29,31). The molecule has 1 amide bonds. The van der Waals surface area contributed by atoms with Crippen LogP contribution in [0.5, 0.6) is 0 Å². The Morgan fingerprint density at radius 3 is 2.36 bits per heavy atom. The molecule has 1 aromatic heterocycles. The van der Waals surface area contributed by atoms with Crippen molar-refractivity contribution >= 4 is 60.6 Å². The van der Waals surface area contributed by atoms with Gasteiger partial charge in [0.1, 0.15) is 0 Å². The number of fused-ring (bicyclic) bond motifs is 1. The van der Waals surface area contributed by atoms with E-state index in [1.165, 1.54) is 28.5 Å². The number of sulfonamides is 1. The minimum atomic E-state index is -3.64. The van der Waals surface area contributed by atoms with Crippen molar-refractivity contribution in [2.75, 3.05) is 15.8 Å². The molecular weight excluding hydrogens is 511 g/mol. The summed E-state index contributed by atoms with van der Waals surface area (Å²) in [5.41, 5.74) is 2.28. The van der Waals surface area contributed by atoms with Gasteiger partial charge in [-0.25, -0.2) is 13.4 Å². The molecule has 0 saturated heterocycles. The number of aromatic nitrogens is 1. The number of amides is 1. The normalized spacial score (nSPS) is 11.3. The zero-order valence-electron chi connectivity index (χ0n) is 18.9. The first kappa shape index (κ1) is 24.1. The van der Waals surface area contributed by atoms with E-state index in [-0.39, 0.29) is 16.6 Å². The van der Waals surface area contributed by atoms with Crippen molar-refractivity contribution in [3.05, 3.63) is 102 Å². The first-order valence-corrected chi connectivity index (χ1v) is 14.4. The van der Waals surface area contributed by atoms with E-state index >= 15 is 0 Å². The molecule has 1 heterocycles. The van der Waals surface area contributed by atoms with Crippen molar-refractivity contribution in [1.82, 2.24) is 4.98 Å². The largest absolute Gasteiger partial charge is 0.301 e. The monoisotopic (exact) mass is 531 g/mol. The molecule has 0 radical (unpaired) electrons. The third kappa shape index (κ3) is 5.76. The zero-order chi connectivity index (χ0) is 25.0. The van der Waals surface area contributed by atoms with Gasteiger partial charge in [-0.1, -0.05) is 54.6 Å². The summed E-state index contributed by atoms with van der Waals surface area (Å²) in [5.74, 6) is 0.0493. The first-order chi connectivity index (χ1) is 17.5. The lowest BCUT2D eigenvalue weighted by Gasteiger charge is -2.09. The summed E-state index contributed by atoms with van der Waals surface area (Å²) in [6.45, 7) is 0. The summed E-state index contributed by atoms with van der Waals surface area (Å²) in [7, 11) is -3.64. The molecule has 5 rings (SSSR count). The lowest BCUT2D eigenvalue weighted by atomic mass is 10.1. The highest BCUT2D eigenvalue weighted by atomic mass is 32.2. The van der Waals surface area contributed by atoms with Gasteiger partial charge in [0.05, 0.1) is 16.3 Å². The Labute approximate surface area is 217 Å². The Hall–Kier alpha value is -3.66. The molecule has 0 saturated carbocycles. The molecule has 0 fully saturated rings. The van der Waals surface area contributed by atoms with Gasteiger partial charge < -0.3 is 5.32 Å². The number of hydrogen-bond acceptors (Lipinski definition) is 6. The molecule has 180 valence electrons. The van der Waals surface area contributed by atoms with Crippen LogP contribution in [0, 0.1) is 0 Å². The van der Waals surface area contributed by atoms with Gasteiger partial charge >= 0.3 is 0 Å². The molecule has 36 heavy (non-hydrogen) atoms. The van der Waals surface area contributed by atoms with Crippen LogP contribution >= 0.6 is 23.1 Å². The van der Waals surface area contributed by atoms with E-state index in [9.17, 15) is 13.2 Å². The second kappa shape index (κ2) is 10.5. The van der Waals surface area contributed by atoms with Gasteiger partial charge in [-0.15, -0.1) is 23.1 Å². The fraction of sp³-hybridized carbons (Fsp3) is 0.0370. The van der Waals surface area contributed by atoms with E-state index in [2.05, 4.69) is 39.3 Å². The van der Waals surface area contributed by atoms with Crippen molar-refractivity contribution in [1.29, 1.82) is 0 Å². The summed E-state index contributed by atoms with van der Waals surface area (Å²) in [6, 6.07) is 29.5. The molecule has 0 aliphatic carbocycles. The predicted octanol–water partition coefficient (Wildman–Crippen LogP) is 6.49. The Bertz CT molecular complexity index is 1620. The van der Waals surface area contributed by atoms with Crippen LogP contribution in [0.2, 0.25) is 0 Å². The quantitative estimate of drug-likeness (QED) is 0.223. The summed E-state index contributed by atoms with van der Waals surface area (Å²) >= 11 is 2.75. The molecule has 5 aromatic rings. The molecule has 0 atom stereocenters. The third-order valence-corrected chi connectivity index (χ3v) is 8.49. The molecule has 0 spiro atoms. The minimum Gasteiger partial charge on any atom is -0.301 e. The zero-order valence-corrected chi connectivity index (χ0v) is 21.4. The maximum absolute atomic E-state index is 12.5. The summed E-state index contributed by atoms with van der Waals surface area (Å²) in [5, 5.41) is 7.65. The van der Waals surface area contributed by atoms with Gasteiger partial charge in [0.15, 0.2) is 5.13 Å². The Morgan fingerprint density at radius 2 is 1.58 bits per heavy atom. The lowest BCUT2D eigenvalue weighted by molar-refractivity contribution is -0.113. The Kier molecular flexibility index (Phi) is 7.04. The van der Waals surface area contributed by atoms with E-state index in [1.54, 1.807) is 54.6 Å². The third-order valence-electron chi connectivity index (χ3n) is 5.33. The van der Waals surface area contributed by atoms with Crippen LogP contribution in [0.4, 0.5) is 10.8 Å². The predicted molar refractivity (Wildman–Crippen MR) is 148 cm³/mol. The minimum absolute atomic E-state index is 0.159. The van der Waals surface area contributed by atoms with Gasteiger partial charge in [0, 0.05) is 21.5 Å². The highest BCUT2D eigenvalue weighted by Gasteiger charge is 2.14. The number of hydrogen-bond donors (Lipinski definition) is 2. The fourth-order valence-electron chi connectivity index (χ4n) is 3.55. The molecule has 0 unspecified atom stereocenters. The van der Waals surface area contributed by atoms with Crippen molar-refractivity contribution < 1.29 is 13.2 Å². The molecular formula is C27H21N3O3S3. The van der Waals surface area contributed by atoms with Crippen LogP contribution in [0.15, 0.2) is 112 Å². The van der Waals surface area contributed by atoms with Crippen molar-refractivity contribution in [3.8, 4) is 11.3 Å². The first-order valence-electron chi connectivity index (χ1n) is 11.0. The number of thiazole rings is 1. The smallest absolute Gasteiger partial charge is 0.261 e. The average molecular weight is 532 g/mol. The van der Waals surface area contributed by atoms with Gasteiger partial charge in [-0.2, -0.15) is 0 Å². The van der Waals surface area contributed by atoms with E-state index in [0.29, 0.717) is 10.8 Å². The summed E-state index contributed by atoms with van der Waals surface area (Å²) < 4.78 is 27.5. The van der Waals surface area contributed by atoms with Crippen LogP contribution < -0.4 is 10.0 Å². The van der Waals surface area contributed by atoms with Gasteiger partial charge in [-0.05, 0) is 53.2 Å². The number of nitrogens with one attached hydrogen (secondary N) is 2. The number of carbonyl (C=O) groups excluding carboxylic acids is 1. The van der Waals surface area contributed by atoms with Crippen LogP contribution in [0.1, 0.15) is 0 Å². The summed E-state index contributed by atoms with van der Waals surface area (Å²) in [6.07, 6.45) is 0. The topological polar surface area (TPSA) is 88.2 Å². The highest BCUT2D eigenvalue weighted by molar-refractivity contribution is 8.00. The van der Waals surface area contributed by atoms with E-state index in [4.69, 9.17) is 0 Å². The van der Waals surface area contributed by atoms with Crippen molar-refractivity contribution in [2.24, 2.45) is 0 Å². The van der Waals surface area contributed by atoms with E-state index in [1.807, 2.05) is 23.6 Å². The van der Waals surface area contributed by atoms with Gasteiger partial charge in [0.2, 0.25) is 5.91 Å². The van der Waals surface area contributed by atoms with E-state index in [0.717, 1.165) is 21.5 Å². The summed E-state index contributed by atoms with van der Waals surface area (Å²) in [4.78, 5) is 18.1. The van der Waals surface area contributed by atoms with Gasteiger partial charge in [-0.3, -0.25) is 9.52 Å². The van der Waals surface area contributed by atoms with Crippen LogP contribution in [0.3, 0.4) is 0 Å². The molecule has 0 aliphatic heterocycles. The highest BCUT2D eigenvalue weighted by Crippen LogP contribution is 2.28. The number of rotatable bonds is 8. The number of benzene rings is 4. The number of anilines is 2. The second-order valence-corrected chi connectivity index (χ2v) is 11.5. The maximum atomic E-state index is 12.5. The fourth-order valence-corrected chi connectivity index (χ4v) is 6.06. The maximum Gasteiger partial charge on any atom is 0.261 e. The van der Waals surface area contributed by atoms with Crippen LogP contribution in [0.25, 0.3) is 22.0 Å². The number of carbonyl (C=O) groups is 1. The Morgan fingerprint density at radius 1 is 0.861 bits per heavy atom. The van der Waals surface area contributed by atoms with Crippen LogP contribution in [-0.2, 0) is 14.8 Å². The van der Waals surface area contributed by atoms with Crippen molar-refractivity contribution in [2.45, 2.75) is 9.79 Å². The average Bonchev–Trinajstić information content (AvgIpc) is 3.37.